The van der Waals surface area contributed by atoms with Crippen molar-refractivity contribution >= 4 is 45.0 Å². The summed E-state index contributed by atoms with van der Waals surface area (Å²) in [5.74, 6) is 0.0332. The number of nitrogens with zero attached hydrogens (tertiary/aromatic N) is 6. The first-order valence-corrected chi connectivity index (χ1v) is 14.9. The predicted molar refractivity (Wildman–Crippen MR) is 162 cm³/mol. The molecule has 4 aromatic rings. The Hall–Kier alpha value is -3.82. The number of pyridine rings is 1. The first-order chi connectivity index (χ1) is 20.5. The molecule has 0 saturated carbocycles. The van der Waals surface area contributed by atoms with Crippen molar-refractivity contribution in [3.63, 3.8) is 0 Å². The second-order valence-corrected chi connectivity index (χ2v) is 11.8. The van der Waals surface area contributed by atoms with Gasteiger partial charge in [-0.05, 0) is 57.0 Å². The number of amides is 1. The van der Waals surface area contributed by atoms with Crippen LogP contribution in [0.4, 0.5) is 10.2 Å². The Morgan fingerprint density at radius 3 is 2.57 bits per heavy atom. The molecule has 42 heavy (non-hydrogen) atoms. The van der Waals surface area contributed by atoms with Gasteiger partial charge in [0.2, 0.25) is 5.91 Å². The van der Waals surface area contributed by atoms with E-state index in [9.17, 15) is 4.79 Å². The third kappa shape index (κ3) is 4.55. The van der Waals surface area contributed by atoms with Crippen LogP contribution in [-0.2, 0) is 4.79 Å². The summed E-state index contributed by atoms with van der Waals surface area (Å²) in [4.78, 5) is 32.4. The minimum absolute atomic E-state index is 0.000914. The summed E-state index contributed by atoms with van der Waals surface area (Å²) in [6.07, 6.45) is 9.17. The number of halogens is 2. The minimum atomic E-state index is -0.475. The molecule has 2 aromatic carbocycles. The molecule has 0 atom stereocenters. The molecule has 7 rings (SSSR count). The Morgan fingerprint density at radius 2 is 1.81 bits per heavy atom. The van der Waals surface area contributed by atoms with Gasteiger partial charge in [0.15, 0.2) is 5.82 Å². The van der Waals surface area contributed by atoms with E-state index in [1.54, 1.807) is 29.4 Å². The zero-order valence-corrected chi connectivity index (χ0v) is 24.1. The average Bonchev–Trinajstić information content (AvgIpc) is 3.60. The van der Waals surface area contributed by atoms with Crippen LogP contribution in [0.15, 0.2) is 55.4 Å². The average molecular weight is 587 g/mol. The Morgan fingerprint density at radius 1 is 1.02 bits per heavy atom. The van der Waals surface area contributed by atoms with Gasteiger partial charge in [-0.25, -0.2) is 4.39 Å². The quantitative estimate of drug-likeness (QED) is 0.277. The lowest BCUT2D eigenvalue weighted by Crippen LogP contribution is -2.48. The number of aromatic nitrogens is 3. The van der Waals surface area contributed by atoms with Gasteiger partial charge in [-0.15, -0.1) is 0 Å². The van der Waals surface area contributed by atoms with E-state index in [1.807, 2.05) is 18.2 Å². The Bertz CT molecular complexity index is 1690. The number of anilines is 1. The van der Waals surface area contributed by atoms with Gasteiger partial charge < -0.3 is 14.5 Å². The highest BCUT2D eigenvalue weighted by Crippen LogP contribution is 2.40. The van der Waals surface area contributed by atoms with Crippen LogP contribution in [0.2, 0.25) is 5.02 Å². The lowest BCUT2D eigenvalue weighted by molar-refractivity contribution is -0.126. The van der Waals surface area contributed by atoms with Crippen LogP contribution in [0.3, 0.4) is 0 Å². The fraction of sp³-hybridized carbons (Fsp3) is 0.375. The smallest absolute Gasteiger partial charge is 0.319 e. The maximum absolute atomic E-state index is 16.6. The van der Waals surface area contributed by atoms with E-state index in [0.29, 0.717) is 60.1 Å². The van der Waals surface area contributed by atoms with Crippen molar-refractivity contribution in [3.05, 3.63) is 66.2 Å². The molecule has 5 heterocycles. The molecule has 3 fully saturated rings. The van der Waals surface area contributed by atoms with Gasteiger partial charge in [-0.2, -0.15) is 9.97 Å². The molecule has 0 bridgehead atoms. The highest BCUT2D eigenvalue weighted by Gasteiger charge is 2.45. The molecule has 0 radical (unpaired) electrons. The van der Waals surface area contributed by atoms with Gasteiger partial charge in [0.1, 0.15) is 17.9 Å². The standard InChI is InChI=1S/C32H32ClFN6O2/c1-2-26(41)38-14-16-39(17-15-38)30-23-9-8-22(24-19-35-18-21-6-3-7-25(33)27(21)24)28(34)29(23)36-31(37-30)42-20-32-10-4-12-40(32)13-5-11-32/h2-3,6-9,18-19H,1,4-5,10-17,20H2. The van der Waals surface area contributed by atoms with E-state index >= 15 is 4.39 Å². The van der Waals surface area contributed by atoms with E-state index in [0.717, 1.165) is 49.5 Å². The molecule has 3 saturated heterocycles. The van der Waals surface area contributed by atoms with Crippen LogP contribution in [0.1, 0.15) is 25.7 Å². The third-order valence-electron chi connectivity index (χ3n) is 9.14. The highest BCUT2D eigenvalue weighted by molar-refractivity contribution is 6.36. The molecule has 2 aromatic heterocycles. The van der Waals surface area contributed by atoms with Crippen LogP contribution in [0.5, 0.6) is 6.01 Å². The molecular weight excluding hydrogens is 555 g/mol. The molecule has 1 amide bonds. The summed E-state index contributed by atoms with van der Waals surface area (Å²) in [5.41, 5.74) is 1.15. The number of hydrogen-bond acceptors (Lipinski definition) is 7. The van der Waals surface area contributed by atoms with E-state index in [2.05, 4.69) is 26.3 Å². The topological polar surface area (TPSA) is 74.7 Å². The SMILES string of the molecule is C=CC(=O)N1CCN(c2nc(OCC34CCCN3CCC4)nc3c(F)c(-c4cncc5cccc(Cl)c45)ccc23)CC1. The van der Waals surface area contributed by atoms with Gasteiger partial charge in [-0.3, -0.25) is 14.7 Å². The summed E-state index contributed by atoms with van der Waals surface area (Å²) in [7, 11) is 0. The summed E-state index contributed by atoms with van der Waals surface area (Å²) in [6.45, 7) is 8.39. The molecule has 3 aliphatic heterocycles. The molecule has 0 spiro atoms. The van der Waals surface area contributed by atoms with Crippen LogP contribution in [0, 0.1) is 5.82 Å². The van der Waals surface area contributed by atoms with Crippen LogP contribution >= 0.6 is 11.6 Å². The number of hydrogen-bond donors (Lipinski definition) is 0. The maximum atomic E-state index is 16.6. The zero-order chi connectivity index (χ0) is 28.8. The van der Waals surface area contributed by atoms with Crippen molar-refractivity contribution < 1.29 is 13.9 Å². The first-order valence-electron chi connectivity index (χ1n) is 14.5. The first kappa shape index (κ1) is 27.0. The molecular formula is C32H32ClFN6O2. The summed E-state index contributed by atoms with van der Waals surface area (Å²) in [6, 6.07) is 9.33. The van der Waals surface area contributed by atoms with Gasteiger partial charge >= 0.3 is 6.01 Å². The number of carbonyl (C=O) groups excluding carboxylic acids is 1. The fourth-order valence-electron chi connectivity index (χ4n) is 6.96. The fourth-order valence-corrected chi connectivity index (χ4v) is 7.24. The van der Waals surface area contributed by atoms with Crippen LogP contribution < -0.4 is 9.64 Å². The molecule has 3 aliphatic rings. The summed E-state index contributed by atoms with van der Waals surface area (Å²) >= 11 is 6.59. The maximum Gasteiger partial charge on any atom is 0.319 e. The molecule has 0 aliphatic carbocycles. The molecule has 0 unspecified atom stereocenters. The van der Waals surface area contributed by atoms with E-state index in [1.165, 1.54) is 6.08 Å². The van der Waals surface area contributed by atoms with Crippen LogP contribution in [0.25, 0.3) is 32.8 Å². The third-order valence-corrected chi connectivity index (χ3v) is 9.45. The second kappa shape index (κ2) is 10.8. The Kier molecular flexibility index (Phi) is 6.94. The van der Waals surface area contributed by atoms with Gasteiger partial charge in [0, 0.05) is 70.9 Å². The Labute approximate surface area is 248 Å². The van der Waals surface area contributed by atoms with Gasteiger partial charge in [0.25, 0.3) is 0 Å². The monoisotopic (exact) mass is 586 g/mol. The number of fused-ring (bicyclic) bond motifs is 3. The van der Waals surface area contributed by atoms with Crippen molar-refractivity contribution in [2.24, 2.45) is 0 Å². The van der Waals surface area contributed by atoms with Crippen molar-refractivity contribution in [1.82, 2.24) is 24.8 Å². The van der Waals surface area contributed by atoms with Crippen molar-refractivity contribution in [2.45, 2.75) is 31.2 Å². The van der Waals surface area contributed by atoms with Crippen molar-refractivity contribution in [1.29, 1.82) is 0 Å². The number of benzene rings is 2. The minimum Gasteiger partial charge on any atom is -0.461 e. The van der Waals surface area contributed by atoms with Crippen molar-refractivity contribution in [2.75, 3.05) is 50.8 Å². The number of piperazine rings is 1. The summed E-state index contributed by atoms with van der Waals surface area (Å²) < 4.78 is 22.9. The molecule has 0 N–H and O–H groups in total. The number of rotatable bonds is 6. The molecule has 8 nitrogen and oxygen atoms in total. The molecule has 216 valence electrons. The zero-order valence-electron chi connectivity index (χ0n) is 23.4. The number of ether oxygens (including phenoxy) is 1. The lowest BCUT2D eigenvalue weighted by Gasteiger charge is -2.35. The van der Waals surface area contributed by atoms with E-state index in [-0.39, 0.29) is 23.0 Å². The summed E-state index contributed by atoms with van der Waals surface area (Å²) in [5, 5.41) is 2.69. The van der Waals surface area contributed by atoms with Crippen molar-refractivity contribution in [3.8, 4) is 17.1 Å². The number of carbonyl (C=O) groups is 1. The predicted octanol–water partition coefficient (Wildman–Crippen LogP) is 5.48. The molecule has 10 heteroatoms. The van der Waals surface area contributed by atoms with Gasteiger partial charge in [-0.1, -0.05) is 36.4 Å². The van der Waals surface area contributed by atoms with E-state index < -0.39 is 5.82 Å². The highest BCUT2D eigenvalue weighted by atomic mass is 35.5. The normalized spacial score (nSPS) is 18.5. The lowest BCUT2D eigenvalue weighted by atomic mass is 9.95. The Balaban J connectivity index is 1.31. The van der Waals surface area contributed by atoms with Gasteiger partial charge in [0.05, 0.1) is 5.54 Å². The largest absolute Gasteiger partial charge is 0.461 e. The van der Waals surface area contributed by atoms with E-state index in [4.69, 9.17) is 21.3 Å². The van der Waals surface area contributed by atoms with Crippen LogP contribution in [-0.4, -0.2) is 82.1 Å². The second-order valence-electron chi connectivity index (χ2n) is 11.4.